The topological polar surface area (TPSA) is 18.5 Å². The lowest BCUT2D eigenvalue weighted by Crippen LogP contribution is -2.58. The molecule has 0 unspecified atom stereocenters. The first kappa shape index (κ1) is 38.0. The molecule has 0 amide bonds. The summed E-state index contributed by atoms with van der Waals surface area (Å²) in [6.45, 7) is 13.6. The smallest absolute Gasteiger partial charge is 0.260 e. The number of fused-ring (bicyclic) bond motifs is 4. The average molecular weight is 797 g/mol. The molecule has 2 aliphatic rings. The highest BCUT2D eigenvalue weighted by molar-refractivity contribution is 8.34. The van der Waals surface area contributed by atoms with E-state index in [1.54, 1.807) is 0 Å². The molecule has 0 spiro atoms. The van der Waals surface area contributed by atoms with Crippen LogP contribution in [0.3, 0.4) is 0 Å². The van der Waals surface area contributed by atoms with Crippen LogP contribution in [0.25, 0.3) is 22.3 Å². The molecule has 0 saturated heterocycles. The van der Waals surface area contributed by atoms with E-state index in [4.69, 9.17) is 9.47 Å². The Balaban J connectivity index is 1.23. The zero-order valence-electron chi connectivity index (χ0n) is 35.2. The zero-order chi connectivity index (χ0) is 41.2. The third kappa shape index (κ3) is 6.28. The Morgan fingerprint density at radius 3 is 1.15 bits per heavy atom. The maximum absolute atomic E-state index is 7.21. The first-order valence-corrected chi connectivity index (χ1v) is 22.6. The Bertz CT molecular complexity index is 2740. The van der Waals surface area contributed by atoms with E-state index in [-0.39, 0.29) is 17.5 Å². The largest absolute Gasteiger partial charge is 0.458 e. The minimum absolute atomic E-state index is 0.0331. The van der Waals surface area contributed by atoms with Crippen LogP contribution < -0.4 is 25.9 Å². The van der Waals surface area contributed by atoms with Gasteiger partial charge < -0.3 is 9.47 Å². The molecule has 8 aromatic rings. The van der Waals surface area contributed by atoms with Crippen molar-refractivity contribution in [1.82, 2.24) is 0 Å². The molecule has 0 N–H and O–H groups in total. The highest BCUT2D eigenvalue weighted by Gasteiger charge is 2.44. The van der Waals surface area contributed by atoms with Crippen LogP contribution in [0.2, 0.25) is 0 Å². The predicted molar refractivity (Wildman–Crippen MR) is 252 cm³/mol. The summed E-state index contributed by atoms with van der Waals surface area (Å²) in [6.07, 6.45) is 0. The van der Waals surface area contributed by atoms with Gasteiger partial charge in [-0.2, -0.15) is 0 Å². The Labute approximate surface area is 357 Å². The average Bonchev–Trinajstić information content (AvgIpc) is 3.27. The van der Waals surface area contributed by atoms with E-state index in [0.717, 1.165) is 50.7 Å². The van der Waals surface area contributed by atoms with Gasteiger partial charge in [0.15, 0.2) is 0 Å². The first-order chi connectivity index (χ1) is 29.0. The summed E-state index contributed by atoms with van der Waals surface area (Å²) >= 11 is 0. The molecular formula is C56H49BO2S. The minimum Gasteiger partial charge on any atom is -0.458 e. The van der Waals surface area contributed by atoms with Crippen LogP contribution in [0.15, 0.2) is 208 Å². The van der Waals surface area contributed by atoms with Crippen LogP contribution in [0.4, 0.5) is 0 Å². The normalized spacial score (nSPS) is 13.3. The molecule has 4 heteroatoms. The molecule has 0 atom stereocenters. The molecule has 10 rings (SSSR count). The van der Waals surface area contributed by atoms with Gasteiger partial charge in [-0.3, -0.25) is 0 Å². The van der Waals surface area contributed by atoms with Crippen LogP contribution in [-0.4, -0.2) is 6.71 Å². The SMILES string of the molecule is CC(C)(C)c1ccc2c(c1)B1c3cc(C(C)(C)C)ccc3Oc3c(-c4ccc(S(c5ccccc5)(c5ccccc5)c5ccccc5)cc4)cc(-c4ccccc4)c(c31)O2. The molecule has 2 heterocycles. The molecule has 0 fully saturated rings. The number of hydrogen-bond acceptors (Lipinski definition) is 2. The van der Waals surface area contributed by atoms with Crippen molar-refractivity contribution in [3.63, 3.8) is 0 Å². The van der Waals surface area contributed by atoms with E-state index in [1.807, 2.05) is 0 Å². The van der Waals surface area contributed by atoms with Crippen molar-refractivity contribution in [1.29, 1.82) is 0 Å². The van der Waals surface area contributed by atoms with Gasteiger partial charge in [-0.25, -0.2) is 0 Å². The Morgan fingerprint density at radius 1 is 0.383 bits per heavy atom. The van der Waals surface area contributed by atoms with Crippen molar-refractivity contribution in [3.05, 3.63) is 199 Å². The summed E-state index contributed by atoms with van der Waals surface area (Å²) in [5, 5.41) is 0. The van der Waals surface area contributed by atoms with E-state index in [1.165, 1.54) is 41.6 Å². The lowest BCUT2D eigenvalue weighted by molar-refractivity contribution is 0.466. The van der Waals surface area contributed by atoms with Crippen LogP contribution in [0.5, 0.6) is 23.0 Å². The number of benzene rings is 8. The van der Waals surface area contributed by atoms with Crippen molar-refractivity contribution in [3.8, 4) is 45.3 Å². The van der Waals surface area contributed by atoms with E-state index >= 15 is 0 Å². The summed E-state index contributed by atoms with van der Waals surface area (Å²) in [7, 11) is -1.85. The second kappa shape index (κ2) is 14.5. The third-order valence-electron chi connectivity index (χ3n) is 12.2. The number of ether oxygens (including phenoxy) is 2. The molecule has 0 radical (unpaired) electrons. The van der Waals surface area contributed by atoms with Gasteiger partial charge in [0.2, 0.25) is 0 Å². The van der Waals surface area contributed by atoms with Gasteiger partial charge in [0.05, 0.1) is 0 Å². The molecule has 8 aromatic carbocycles. The molecule has 0 saturated carbocycles. The second-order valence-corrected chi connectivity index (χ2v) is 21.2. The van der Waals surface area contributed by atoms with Crippen molar-refractivity contribution >= 4 is 33.1 Å². The molecule has 2 aliphatic heterocycles. The predicted octanol–water partition coefficient (Wildman–Crippen LogP) is 13.7. The number of rotatable bonds is 6. The van der Waals surface area contributed by atoms with Gasteiger partial charge in [0.25, 0.3) is 6.71 Å². The van der Waals surface area contributed by atoms with Gasteiger partial charge in [0, 0.05) is 36.2 Å². The third-order valence-corrected chi connectivity index (χ3v) is 16.2. The van der Waals surface area contributed by atoms with E-state index in [0.29, 0.717) is 0 Å². The van der Waals surface area contributed by atoms with Crippen LogP contribution in [0, 0.1) is 0 Å². The maximum Gasteiger partial charge on any atom is 0.260 e. The van der Waals surface area contributed by atoms with Crippen molar-refractivity contribution in [2.45, 2.75) is 72.0 Å². The molecule has 0 aromatic heterocycles. The summed E-state index contributed by atoms with van der Waals surface area (Å²) in [6, 6.07) is 69.0. The van der Waals surface area contributed by atoms with E-state index in [2.05, 4.69) is 230 Å². The summed E-state index contributed by atoms with van der Waals surface area (Å²) in [4.78, 5) is 5.17. The van der Waals surface area contributed by atoms with Gasteiger partial charge >= 0.3 is 0 Å². The van der Waals surface area contributed by atoms with Crippen molar-refractivity contribution in [2.24, 2.45) is 0 Å². The van der Waals surface area contributed by atoms with Crippen molar-refractivity contribution in [2.75, 3.05) is 0 Å². The van der Waals surface area contributed by atoms with Crippen LogP contribution in [0.1, 0.15) is 52.7 Å². The fourth-order valence-corrected chi connectivity index (χ4v) is 13.0. The molecule has 60 heavy (non-hydrogen) atoms. The van der Waals surface area contributed by atoms with E-state index in [9.17, 15) is 0 Å². The molecule has 294 valence electrons. The molecular weight excluding hydrogens is 747 g/mol. The summed E-state index contributed by atoms with van der Waals surface area (Å²) in [5.74, 6) is 3.52. The lowest BCUT2D eigenvalue weighted by Gasteiger charge is -2.42. The second-order valence-electron chi connectivity index (χ2n) is 18.1. The van der Waals surface area contributed by atoms with E-state index < -0.39 is 10.0 Å². The molecule has 0 bridgehead atoms. The van der Waals surface area contributed by atoms with Crippen LogP contribution in [-0.2, 0) is 10.8 Å². The quantitative estimate of drug-likeness (QED) is 0.156. The summed E-state index contributed by atoms with van der Waals surface area (Å²) < 4.78 is 14.3. The Morgan fingerprint density at radius 2 is 0.750 bits per heavy atom. The fourth-order valence-electron chi connectivity index (χ4n) is 9.09. The molecule has 0 aliphatic carbocycles. The number of hydrogen-bond donors (Lipinski definition) is 0. The maximum atomic E-state index is 7.21. The standard InChI is InChI=1S/C56H49BO2S/c1-55(2,3)40-29-33-50-48(35-40)57-49-36-41(56(4,5)6)30-34-51(49)59-54-47(37-46(53(58-50)52(54)57)38-19-11-7-12-20-38)39-27-31-45(32-28-39)60(42-21-13-8-14-22-42,43-23-15-9-16-24-43)44-25-17-10-18-26-44/h7-37H,1-6H3. The highest BCUT2D eigenvalue weighted by Crippen LogP contribution is 2.73. The fraction of sp³-hybridized carbons (Fsp3) is 0.143. The first-order valence-electron chi connectivity index (χ1n) is 21.0. The van der Waals surface area contributed by atoms with Gasteiger partial charge in [-0.05, 0) is 111 Å². The van der Waals surface area contributed by atoms with Crippen LogP contribution >= 0.6 is 10.0 Å². The summed E-state index contributed by atoms with van der Waals surface area (Å²) in [5.41, 5.74) is 10.3. The zero-order valence-corrected chi connectivity index (χ0v) is 36.0. The molecule has 2 nitrogen and oxygen atoms in total. The van der Waals surface area contributed by atoms with Gasteiger partial charge in [0.1, 0.15) is 23.0 Å². The highest BCUT2D eigenvalue weighted by atomic mass is 32.3. The monoisotopic (exact) mass is 796 g/mol. The Hall–Kier alpha value is -6.23. The van der Waals surface area contributed by atoms with Gasteiger partial charge in [-0.15, -0.1) is 10.0 Å². The minimum atomic E-state index is -1.85. The Kier molecular flexibility index (Phi) is 9.19. The van der Waals surface area contributed by atoms with Gasteiger partial charge in [-0.1, -0.05) is 163 Å². The lowest BCUT2D eigenvalue weighted by atomic mass is 9.34. The van der Waals surface area contributed by atoms with Crippen molar-refractivity contribution < 1.29 is 9.47 Å².